The highest BCUT2D eigenvalue weighted by molar-refractivity contribution is 6.04. The average molecular weight is 471 g/mol. The van der Waals surface area contributed by atoms with E-state index in [1.165, 1.54) is 0 Å². The van der Waals surface area contributed by atoms with Gasteiger partial charge >= 0.3 is 0 Å². The van der Waals surface area contributed by atoms with Crippen molar-refractivity contribution in [3.05, 3.63) is 71.9 Å². The lowest BCUT2D eigenvalue weighted by Crippen LogP contribution is -2.47. The van der Waals surface area contributed by atoms with Gasteiger partial charge in [0.25, 0.3) is 5.91 Å². The quantitative estimate of drug-likeness (QED) is 0.608. The first kappa shape index (κ1) is 23.2. The molecule has 0 spiro atoms. The van der Waals surface area contributed by atoms with Gasteiger partial charge in [0.2, 0.25) is 0 Å². The molecule has 3 aromatic rings. The zero-order chi connectivity index (χ0) is 24.3. The molecule has 180 valence electrons. The molecular formula is C27H30N6O2. The van der Waals surface area contributed by atoms with Gasteiger partial charge in [-0.05, 0) is 68.5 Å². The maximum Gasteiger partial charge on any atom is 0.257 e. The summed E-state index contributed by atoms with van der Waals surface area (Å²) >= 11 is 0. The Morgan fingerprint density at radius 1 is 1.17 bits per heavy atom. The van der Waals surface area contributed by atoms with Crippen LogP contribution in [0, 0.1) is 18.3 Å². The fourth-order valence-electron chi connectivity index (χ4n) is 5.12. The Morgan fingerprint density at radius 2 is 1.97 bits per heavy atom. The van der Waals surface area contributed by atoms with Gasteiger partial charge in [-0.15, -0.1) is 0 Å². The highest BCUT2D eigenvalue weighted by Gasteiger charge is 2.40. The molecule has 2 fully saturated rings. The van der Waals surface area contributed by atoms with Crippen LogP contribution in [0.4, 0.5) is 5.69 Å². The Hall–Kier alpha value is -3.54. The van der Waals surface area contributed by atoms with E-state index in [-0.39, 0.29) is 5.91 Å². The number of carbonyl (C=O) groups is 1. The second kappa shape index (κ2) is 9.98. The van der Waals surface area contributed by atoms with Crippen LogP contribution in [-0.4, -0.2) is 57.7 Å². The third kappa shape index (κ3) is 4.97. The van der Waals surface area contributed by atoms with Gasteiger partial charge in [0.15, 0.2) is 0 Å². The van der Waals surface area contributed by atoms with Gasteiger partial charge in [-0.25, -0.2) is 4.98 Å². The van der Waals surface area contributed by atoms with Crippen molar-refractivity contribution in [1.82, 2.24) is 19.4 Å². The van der Waals surface area contributed by atoms with Crippen LogP contribution in [0.3, 0.4) is 0 Å². The minimum absolute atomic E-state index is 0.216. The van der Waals surface area contributed by atoms with Gasteiger partial charge in [-0.1, -0.05) is 0 Å². The van der Waals surface area contributed by atoms with Crippen molar-refractivity contribution in [3.8, 4) is 11.9 Å². The topological polar surface area (TPSA) is 96.1 Å². The van der Waals surface area contributed by atoms with E-state index < -0.39 is 5.41 Å². The summed E-state index contributed by atoms with van der Waals surface area (Å²) in [5.74, 6) is 0.548. The summed E-state index contributed by atoms with van der Waals surface area (Å²) in [7, 11) is 0. The minimum atomic E-state index is -0.566. The van der Waals surface area contributed by atoms with Crippen molar-refractivity contribution in [2.45, 2.75) is 44.1 Å². The number of carbonyl (C=O) groups excluding carboxylic acids is 1. The number of aromatic nitrogens is 3. The van der Waals surface area contributed by atoms with E-state index in [0.717, 1.165) is 69.1 Å². The third-order valence-electron chi connectivity index (χ3n) is 7.22. The number of nitrogens with one attached hydrogen (secondary N) is 1. The number of nitriles is 1. The number of ether oxygens (including phenoxy) is 1. The molecule has 0 atom stereocenters. The summed E-state index contributed by atoms with van der Waals surface area (Å²) in [4.78, 5) is 24.2. The van der Waals surface area contributed by atoms with Gasteiger partial charge in [-0.2, -0.15) is 5.26 Å². The summed E-state index contributed by atoms with van der Waals surface area (Å²) in [5, 5.41) is 13.0. The van der Waals surface area contributed by atoms with Crippen molar-refractivity contribution in [2.24, 2.45) is 0 Å². The van der Waals surface area contributed by atoms with Crippen molar-refractivity contribution in [2.75, 3.05) is 31.6 Å². The lowest BCUT2D eigenvalue weighted by atomic mass is 9.71. The van der Waals surface area contributed by atoms with E-state index in [4.69, 9.17) is 4.74 Å². The molecule has 1 saturated carbocycles. The van der Waals surface area contributed by atoms with Crippen LogP contribution in [0.1, 0.15) is 47.3 Å². The van der Waals surface area contributed by atoms with Crippen molar-refractivity contribution in [1.29, 1.82) is 5.26 Å². The molecule has 8 nitrogen and oxygen atoms in total. The predicted octanol–water partition coefficient (Wildman–Crippen LogP) is 3.86. The van der Waals surface area contributed by atoms with E-state index in [1.807, 2.05) is 42.0 Å². The van der Waals surface area contributed by atoms with E-state index in [2.05, 4.69) is 26.3 Å². The highest BCUT2D eigenvalue weighted by atomic mass is 16.5. The normalized spacial score (nSPS) is 22.9. The molecule has 0 aromatic carbocycles. The standard InChI is InChI=1S/C27H30N6O2/c1-20-6-10-29-25(16-20)33-11-7-21(18-33)26(34)31-22-2-3-24(30-17-22)27(19-28)8-4-23(5-9-27)32-12-14-35-15-13-32/h2-3,6-7,10-11,16-18,23H,4-5,8-9,12-15H2,1H3,(H,31,34)/t23-,27-. The monoisotopic (exact) mass is 470 g/mol. The highest BCUT2D eigenvalue weighted by Crippen LogP contribution is 2.40. The van der Waals surface area contributed by atoms with E-state index in [9.17, 15) is 10.1 Å². The van der Waals surface area contributed by atoms with E-state index in [1.54, 1.807) is 24.7 Å². The van der Waals surface area contributed by atoms with Crippen molar-refractivity contribution >= 4 is 11.6 Å². The second-order valence-corrected chi connectivity index (χ2v) is 9.46. The molecule has 2 aliphatic rings. The van der Waals surface area contributed by atoms with Gasteiger partial charge in [0, 0.05) is 37.7 Å². The first-order chi connectivity index (χ1) is 17.1. The average Bonchev–Trinajstić information content (AvgIpc) is 3.41. The lowest BCUT2D eigenvalue weighted by molar-refractivity contribution is 0.00493. The predicted molar refractivity (Wildman–Crippen MR) is 132 cm³/mol. The molecular weight excluding hydrogens is 440 g/mol. The fraction of sp³-hybridized carbons (Fsp3) is 0.407. The molecule has 5 rings (SSSR count). The fourth-order valence-corrected chi connectivity index (χ4v) is 5.12. The zero-order valence-electron chi connectivity index (χ0n) is 20.0. The maximum absolute atomic E-state index is 12.8. The number of hydrogen-bond donors (Lipinski definition) is 1. The number of rotatable bonds is 5. The Balaban J connectivity index is 1.22. The largest absolute Gasteiger partial charge is 0.379 e. The lowest BCUT2D eigenvalue weighted by Gasteiger charge is -2.41. The summed E-state index contributed by atoms with van der Waals surface area (Å²) in [6.45, 7) is 5.54. The molecule has 0 bridgehead atoms. The Bertz CT molecular complexity index is 1210. The smallest absolute Gasteiger partial charge is 0.257 e. The van der Waals surface area contributed by atoms with Gasteiger partial charge in [-0.3, -0.25) is 14.7 Å². The van der Waals surface area contributed by atoms with Crippen LogP contribution in [-0.2, 0) is 10.2 Å². The number of nitrogens with zero attached hydrogens (tertiary/aromatic N) is 5. The molecule has 0 radical (unpaired) electrons. The van der Waals surface area contributed by atoms with Crippen LogP contribution in [0.5, 0.6) is 0 Å². The molecule has 3 aromatic heterocycles. The molecule has 4 heterocycles. The molecule has 1 amide bonds. The minimum Gasteiger partial charge on any atom is -0.379 e. The van der Waals surface area contributed by atoms with Crippen LogP contribution in [0.2, 0.25) is 0 Å². The number of aryl methyl sites for hydroxylation is 1. The summed E-state index contributed by atoms with van der Waals surface area (Å²) in [5.41, 5.74) is 2.46. The Morgan fingerprint density at radius 3 is 2.66 bits per heavy atom. The van der Waals surface area contributed by atoms with Crippen LogP contribution in [0.15, 0.2) is 55.1 Å². The second-order valence-electron chi connectivity index (χ2n) is 9.46. The zero-order valence-corrected chi connectivity index (χ0v) is 20.0. The first-order valence-corrected chi connectivity index (χ1v) is 12.2. The molecule has 0 unspecified atom stereocenters. The number of amides is 1. The molecule has 1 aliphatic heterocycles. The molecule has 1 saturated heterocycles. The van der Waals surface area contributed by atoms with Gasteiger partial charge < -0.3 is 14.6 Å². The van der Waals surface area contributed by atoms with E-state index in [0.29, 0.717) is 17.3 Å². The van der Waals surface area contributed by atoms with E-state index >= 15 is 0 Å². The number of pyridine rings is 2. The Labute approximate surface area is 205 Å². The molecule has 8 heteroatoms. The third-order valence-corrected chi connectivity index (χ3v) is 7.22. The number of anilines is 1. The summed E-state index contributed by atoms with van der Waals surface area (Å²) < 4.78 is 7.30. The molecule has 35 heavy (non-hydrogen) atoms. The Kier molecular flexibility index (Phi) is 6.62. The van der Waals surface area contributed by atoms with Crippen LogP contribution in [0.25, 0.3) is 5.82 Å². The first-order valence-electron chi connectivity index (χ1n) is 12.2. The van der Waals surface area contributed by atoms with Crippen LogP contribution < -0.4 is 5.32 Å². The SMILES string of the molecule is Cc1ccnc(-n2ccc(C(=O)Nc3ccc([C@]4(C#N)CC[C@@H](N5CCOCC5)CC4)nc3)c2)c1. The molecule has 1 aliphatic carbocycles. The van der Waals surface area contributed by atoms with Crippen molar-refractivity contribution in [3.63, 3.8) is 0 Å². The van der Waals surface area contributed by atoms with Gasteiger partial charge in [0.05, 0.1) is 47.8 Å². The molecule has 1 N–H and O–H groups in total. The van der Waals surface area contributed by atoms with Crippen LogP contribution >= 0.6 is 0 Å². The number of hydrogen-bond acceptors (Lipinski definition) is 6. The maximum atomic E-state index is 12.8. The van der Waals surface area contributed by atoms with Gasteiger partial charge in [0.1, 0.15) is 5.82 Å². The number of morpholine rings is 1. The summed E-state index contributed by atoms with van der Waals surface area (Å²) in [6.07, 6.45) is 10.6. The summed E-state index contributed by atoms with van der Waals surface area (Å²) in [6, 6.07) is 12.5. The van der Waals surface area contributed by atoms with Crippen molar-refractivity contribution < 1.29 is 9.53 Å².